The fourth-order valence-corrected chi connectivity index (χ4v) is 2.82. The Bertz CT molecular complexity index is 638. The summed E-state index contributed by atoms with van der Waals surface area (Å²) in [5.41, 5.74) is 1.97. The molecule has 2 aromatic rings. The molecule has 1 unspecified atom stereocenters. The Morgan fingerprint density at radius 2 is 2.14 bits per heavy atom. The summed E-state index contributed by atoms with van der Waals surface area (Å²) in [5, 5.41) is 3.29. The van der Waals surface area contributed by atoms with Gasteiger partial charge in [0.25, 0.3) is 0 Å². The summed E-state index contributed by atoms with van der Waals surface area (Å²) in [4.78, 5) is 18.8. The minimum absolute atomic E-state index is 0. The number of aryl methyl sites for hydroxylation is 1. The maximum atomic E-state index is 12.4. The van der Waals surface area contributed by atoms with E-state index >= 15 is 0 Å². The Kier molecular flexibility index (Phi) is 6.66. The summed E-state index contributed by atoms with van der Waals surface area (Å²) in [5.74, 6) is 1.03. The van der Waals surface area contributed by atoms with Gasteiger partial charge in [0.2, 0.25) is 5.91 Å². The lowest BCUT2D eigenvalue weighted by atomic mass is 10.2. The number of para-hydroxylation sites is 2. The van der Waals surface area contributed by atoms with Gasteiger partial charge in [0, 0.05) is 19.6 Å². The largest absolute Gasteiger partial charge is 0.340 e. The molecule has 1 aromatic heterocycles. The number of nitrogens with zero attached hydrogens (tertiary/aromatic N) is 3. The molecule has 1 N–H and O–H groups in total. The molecule has 5 nitrogen and oxygen atoms in total. The molecule has 0 aliphatic carbocycles. The van der Waals surface area contributed by atoms with Crippen LogP contribution in [0.1, 0.15) is 12.2 Å². The number of carbonyl (C=O) groups is 1. The van der Waals surface area contributed by atoms with Crippen LogP contribution >= 0.6 is 24.8 Å². The molecule has 1 saturated heterocycles. The van der Waals surface area contributed by atoms with E-state index in [4.69, 9.17) is 0 Å². The lowest BCUT2D eigenvalue weighted by molar-refractivity contribution is -0.132. The Morgan fingerprint density at radius 1 is 1.41 bits per heavy atom. The highest BCUT2D eigenvalue weighted by molar-refractivity contribution is 5.85. The van der Waals surface area contributed by atoms with Gasteiger partial charge in [-0.05, 0) is 32.0 Å². The smallest absolute Gasteiger partial charge is 0.242 e. The van der Waals surface area contributed by atoms with Crippen LogP contribution in [0.5, 0.6) is 0 Å². The van der Waals surface area contributed by atoms with Gasteiger partial charge in [-0.25, -0.2) is 4.98 Å². The maximum absolute atomic E-state index is 12.4. The number of fused-ring (bicyclic) bond motifs is 1. The molecule has 7 heteroatoms. The molecule has 0 radical (unpaired) electrons. The number of amides is 1. The predicted octanol–water partition coefficient (Wildman–Crippen LogP) is 2.01. The van der Waals surface area contributed by atoms with E-state index in [1.807, 2.05) is 47.7 Å². The zero-order chi connectivity index (χ0) is 14.1. The van der Waals surface area contributed by atoms with E-state index in [0.29, 0.717) is 12.6 Å². The minimum atomic E-state index is 0. The van der Waals surface area contributed by atoms with E-state index in [1.54, 1.807) is 0 Å². The summed E-state index contributed by atoms with van der Waals surface area (Å²) in [7, 11) is 1.90. The topological polar surface area (TPSA) is 50.2 Å². The predicted molar refractivity (Wildman–Crippen MR) is 93.0 cm³/mol. The molecule has 1 atom stereocenters. The van der Waals surface area contributed by atoms with Crippen LogP contribution in [-0.4, -0.2) is 46.5 Å². The van der Waals surface area contributed by atoms with Crippen LogP contribution in [0.25, 0.3) is 11.0 Å². The van der Waals surface area contributed by atoms with Gasteiger partial charge in [-0.3, -0.25) is 4.79 Å². The van der Waals surface area contributed by atoms with E-state index in [1.165, 1.54) is 0 Å². The van der Waals surface area contributed by atoms with E-state index in [2.05, 4.69) is 10.3 Å². The first-order chi connectivity index (χ1) is 9.66. The molecule has 122 valence electrons. The number of likely N-dealkylation sites (N-methyl/N-ethyl adjacent to an activating group) is 1. The van der Waals surface area contributed by atoms with Gasteiger partial charge in [-0.1, -0.05) is 12.1 Å². The van der Waals surface area contributed by atoms with Gasteiger partial charge in [0.1, 0.15) is 12.4 Å². The van der Waals surface area contributed by atoms with Crippen LogP contribution in [0.3, 0.4) is 0 Å². The molecule has 0 spiro atoms. The van der Waals surface area contributed by atoms with Gasteiger partial charge in [0.15, 0.2) is 0 Å². The van der Waals surface area contributed by atoms with Gasteiger partial charge < -0.3 is 14.8 Å². The number of nitrogens with one attached hydrogen (secondary N) is 1. The number of hydrogen-bond donors (Lipinski definition) is 1. The second kappa shape index (κ2) is 7.81. The first-order valence-corrected chi connectivity index (χ1v) is 7.05. The van der Waals surface area contributed by atoms with Crippen molar-refractivity contribution in [3.05, 3.63) is 30.1 Å². The molecule has 1 fully saturated rings. The average Bonchev–Trinajstić information content (AvgIpc) is 3.07. The lowest BCUT2D eigenvalue weighted by Gasteiger charge is -2.24. The molecular weight excluding hydrogens is 323 g/mol. The molecule has 2 heterocycles. The van der Waals surface area contributed by atoms with Crippen LogP contribution in [0, 0.1) is 6.92 Å². The molecule has 3 rings (SSSR count). The zero-order valence-electron chi connectivity index (χ0n) is 12.8. The van der Waals surface area contributed by atoms with Gasteiger partial charge in [0.05, 0.1) is 11.0 Å². The van der Waals surface area contributed by atoms with Gasteiger partial charge >= 0.3 is 0 Å². The third-order valence-corrected chi connectivity index (χ3v) is 4.11. The highest BCUT2D eigenvalue weighted by Crippen LogP contribution is 2.16. The summed E-state index contributed by atoms with van der Waals surface area (Å²) in [6, 6.07) is 8.26. The van der Waals surface area contributed by atoms with Gasteiger partial charge in [-0.2, -0.15) is 0 Å². The molecule has 0 saturated carbocycles. The first-order valence-electron chi connectivity index (χ1n) is 7.05. The second-order valence-corrected chi connectivity index (χ2v) is 5.39. The highest BCUT2D eigenvalue weighted by atomic mass is 35.5. The summed E-state index contributed by atoms with van der Waals surface area (Å²) >= 11 is 0. The maximum Gasteiger partial charge on any atom is 0.242 e. The van der Waals surface area contributed by atoms with Crippen LogP contribution in [0.15, 0.2) is 24.3 Å². The Hall–Kier alpha value is -1.30. The second-order valence-electron chi connectivity index (χ2n) is 5.39. The fraction of sp³-hybridized carbons (Fsp3) is 0.467. The normalized spacial score (nSPS) is 16.9. The van der Waals surface area contributed by atoms with Crippen molar-refractivity contribution < 1.29 is 4.79 Å². The number of carbonyl (C=O) groups excluding carboxylic acids is 1. The number of rotatable bonds is 3. The van der Waals surface area contributed by atoms with E-state index in [0.717, 1.165) is 36.4 Å². The standard InChI is InChI=1S/C15H20N4O.2ClH/c1-11-17-13-5-3-4-6-14(13)19(11)10-15(20)18(2)12-7-8-16-9-12;;/h3-6,12,16H,7-10H2,1-2H3;2*1H. The molecule has 1 aliphatic heterocycles. The number of imidazole rings is 1. The average molecular weight is 345 g/mol. The van der Waals surface area contributed by atoms with Crippen molar-refractivity contribution in [1.29, 1.82) is 0 Å². The Morgan fingerprint density at radius 3 is 2.82 bits per heavy atom. The Balaban J connectivity index is 0.00000121. The van der Waals surface area contributed by atoms with Crippen LogP contribution in [-0.2, 0) is 11.3 Å². The van der Waals surface area contributed by atoms with Crippen molar-refractivity contribution in [1.82, 2.24) is 19.8 Å². The third-order valence-electron chi connectivity index (χ3n) is 4.11. The fourth-order valence-electron chi connectivity index (χ4n) is 2.82. The number of benzene rings is 1. The number of halogens is 2. The Labute approximate surface area is 142 Å². The highest BCUT2D eigenvalue weighted by Gasteiger charge is 2.23. The van der Waals surface area contributed by atoms with E-state index < -0.39 is 0 Å². The summed E-state index contributed by atoms with van der Waals surface area (Å²) < 4.78 is 2.00. The van der Waals surface area contributed by atoms with Crippen molar-refractivity contribution >= 4 is 41.8 Å². The van der Waals surface area contributed by atoms with E-state index in [-0.39, 0.29) is 30.7 Å². The molecular formula is C15H22Cl2N4O. The third kappa shape index (κ3) is 3.54. The quantitative estimate of drug-likeness (QED) is 0.926. The van der Waals surface area contributed by atoms with Crippen molar-refractivity contribution in [2.45, 2.75) is 25.9 Å². The van der Waals surface area contributed by atoms with Crippen molar-refractivity contribution in [3.8, 4) is 0 Å². The number of hydrogen-bond acceptors (Lipinski definition) is 3. The van der Waals surface area contributed by atoms with Crippen molar-refractivity contribution in [3.63, 3.8) is 0 Å². The first kappa shape index (κ1) is 18.7. The number of aromatic nitrogens is 2. The van der Waals surface area contributed by atoms with Crippen LogP contribution < -0.4 is 5.32 Å². The molecule has 1 amide bonds. The lowest BCUT2D eigenvalue weighted by Crippen LogP contribution is -2.40. The molecule has 22 heavy (non-hydrogen) atoms. The van der Waals surface area contributed by atoms with Crippen LogP contribution in [0.4, 0.5) is 0 Å². The molecule has 1 aromatic carbocycles. The molecule has 1 aliphatic rings. The van der Waals surface area contributed by atoms with Gasteiger partial charge in [-0.15, -0.1) is 24.8 Å². The molecule has 0 bridgehead atoms. The minimum Gasteiger partial charge on any atom is -0.340 e. The summed E-state index contributed by atoms with van der Waals surface area (Å²) in [6.07, 6.45) is 1.03. The SMILES string of the molecule is Cc1nc2ccccc2n1CC(=O)N(C)C1CCNC1.Cl.Cl. The van der Waals surface area contributed by atoms with Crippen molar-refractivity contribution in [2.75, 3.05) is 20.1 Å². The monoisotopic (exact) mass is 344 g/mol. The van der Waals surface area contributed by atoms with Crippen LogP contribution in [0.2, 0.25) is 0 Å². The van der Waals surface area contributed by atoms with Crippen molar-refractivity contribution in [2.24, 2.45) is 0 Å². The van der Waals surface area contributed by atoms with E-state index in [9.17, 15) is 4.79 Å². The zero-order valence-corrected chi connectivity index (χ0v) is 14.4. The summed E-state index contributed by atoms with van der Waals surface area (Å²) in [6.45, 7) is 4.20.